The molecule has 2 aliphatic heterocycles. The number of aliphatic hydroxyl groups is 1. The Morgan fingerprint density at radius 1 is 1.33 bits per heavy atom. The van der Waals surface area contributed by atoms with Gasteiger partial charge in [0.2, 0.25) is 11.8 Å². The quantitative estimate of drug-likeness (QED) is 0.526. The van der Waals surface area contributed by atoms with E-state index in [0.717, 1.165) is 23.2 Å². The minimum Gasteiger partial charge on any atom is -0.470 e. The summed E-state index contributed by atoms with van der Waals surface area (Å²) in [5, 5.41) is 26.1. The number of aliphatic hydroxyl groups excluding tert-OH is 1. The van der Waals surface area contributed by atoms with Crippen LogP contribution in [0, 0.1) is 11.3 Å². The first-order chi connectivity index (χ1) is 16.1. The monoisotopic (exact) mass is 444 g/mol. The van der Waals surface area contributed by atoms with Crippen LogP contribution >= 0.6 is 0 Å². The standard InChI is InChI=1S/C24H24N6O3/c1-24(14-31)13-28-21-16(11-25)9-15(10-18(21)24)19-4-7-27-23(29-19)30-20-3-2-6-26-22(20)33-17-5-8-32-12-17/h2-4,6-7,9-10,17,28,31H,5,8,12-14H2,1H3,(H,27,29,30)/t17-,24-/m1/s1. The normalized spacial score (nSPS) is 21.2. The van der Waals surface area contributed by atoms with Crippen molar-refractivity contribution in [2.45, 2.75) is 24.9 Å². The van der Waals surface area contributed by atoms with Gasteiger partial charge in [0.1, 0.15) is 17.9 Å². The lowest BCUT2D eigenvalue weighted by molar-refractivity contribution is 0.138. The van der Waals surface area contributed by atoms with Gasteiger partial charge in [0.05, 0.1) is 36.8 Å². The molecule has 0 bridgehead atoms. The molecule has 2 aromatic heterocycles. The van der Waals surface area contributed by atoms with Crippen molar-refractivity contribution in [1.29, 1.82) is 5.26 Å². The number of rotatable bonds is 6. The number of pyridine rings is 1. The summed E-state index contributed by atoms with van der Waals surface area (Å²) in [6.07, 6.45) is 4.13. The van der Waals surface area contributed by atoms with Crippen molar-refractivity contribution < 1.29 is 14.6 Å². The molecular formula is C24H24N6O3. The van der Waals surface area contributed by atoms with Crippen molar-refractivity contribution in [2.75, 3.05) is 37.0 Å². The zero-order valence-corrected chi connectivity index (χ0v) is 18.2. The number of ether oxygens (including phenoxy) is 2. The van der Waals surface area contributed by atoms with E-state index in [1.54, 1.807) is 24.5 Å². The third-order valence-electron chi connectivity index (χ3n) is 6.05. The van der Waals surface area contributed by atoms with Crippen molar-refractivity contribution in [3.05, 3.63) is 53.9 Å². The highest BCUT2D eigenvalue weighted by atomic mass is 16.5. The lowest BCUT2D eigenvalue weighted by atomic mass is 9.83. The van der Waals surface area contributed by atoms with E-state index in [1.165, 1.54) is 0 Å². The second-order valence-corrected chi connectivity index (χ2v) is 8.48. The van der Waals surface area contributed by atoms with Crippen LogP contribution in [0.3, 0.4) is 0 Å². The largest absolute Gasteiger partial charge is 0.470 e. The van der Waals surface area contributed by atoms with E-state index in [0.29, 0.717) is 48.5 Å². The van der Waals surface area contributed by atoms with Crippen LogP contribution in [0.2, 0.25) is 0 Å². The fourth-order valence-corrected chi connectivity index (χ4v) is 4.11. The average Bonchev–Trinajstić information content (AvgIpc) is 3.48. The van der Waals surface area contributed by atoms with Crippen LogP contribution in [-0.2, 0) is 10.2 Å². The molecule has 2 aliphatic rings. The molecule has 9 heteroatoms. The van der Waals surface area contributed by atoms with Gasteiger partial charge in [-0.2, -0.15) is 5.26 Å². The summed E-state index contributed by atoms with van der Waals surface area (Å²) in [4.78, 5) is 13.4. The Morgan fingerprint density at radius 2 is 2.24 bits per heavy atom. The van der Waals surface area contributed by atoms with E-state index in [9.17, 15) is 10.4 Å². The highest BCUT2D eigenvalue weighted by Gasteiger charge is 2.36. The predicted molar refractivity (Wildman–Crippen MR) is 122 cm³/mol. The predicted octanol–water partition coefficient (Wildman–Crippen LogP) is 3.00. The number of nitriles is 1. The molecule has 0 aliphatic carbocycles. The third-order valence-corrected chi connectivity index (χ3v) is 6.05. The molecule has 3 N–H and O–H groups in total. The van der Waals surface area contributed by atoms with Crippen molar-refractivity contribution >= 4 is 17.3 Å². The number of nitrogens with zero attached hydrogens (tertiary/aromatic N) is 4. The fourth-order valence-electron chi connectivity index (χ4n) is 4.11. The highest BCUT2D eigenvalue weighted by molar-refractivity contribution is 5.76. The summed E-state index contributed by atoms with van der Waals surface area (Å²) in [6, 6.07) is 11.5. The van der Waals surface area contributed by atoms with Gasteiger partial charge in [-0.25, -0.2) is 15.0 Å². The molecule has 9 nitrogen and oxygen atoms in total. The summed E-state index contributed by atoms with van der Waals surface area (Å²) >= 11 is 0. The summed E-state index contributed by atoms with van der Waals surface area (Å²) in [7, 11) is 0. The molecule has 0 unspecified atom stereocenters. The molecule has 168 valence electrons. The van der Waals surface area contributed by atoms with Crippen LogP contribution in [0.25, 0.3) is 11.3 Å². The molecule has 0 saturated carbocycles. The highest BCUT2D eigenvalue weighted by Crippen LogP contribution is 2.41. The molecule has 3 aromatic rings. The van der Waals surface area contributed by atoms with Crippen molar-refractivity contribution in [3.63, 3.8) is 0 Å². The Kier molecular flexibility index (Phi) is 5.54. The molecule has 2 atom stereocenters. The van der Waals surface area contributed by atoms with Crippen LogP contribution in [0.4, 0.5) is 17.3 Å². The maximum atomic E-state index is 9.95. The molecule has 0 amide bonds. The Hall–Kier alpha value is -3.74. The maximum absolute atomic E-state index is 9.95. The van der Waals surface area contributed by atoms with E-state index >= 15 is 0 Å². The Morgan fingerprint density at radius 3 is 3.03 bits per heavy atom. The molecule has 5 rings (SSSR count). The van der Waals surface area contributed by atoms with Gasteiger partial charge in [-0.15, -0.1) is 0 Å². The average molecular weight is 444 g/mol. The topological polar surface area (TPSA) is 125 Å². The number of aromatic nitrogens is 3. The van der Waals surface area contributed by atoms with Gasteiger partial charge >= 0.3 is 0 Å². The van der Waals surface area contributed by atoms with E-state index in [-0.39, 0.29) is 12.7 Å². The lowest BCUT2D eigenvalue weighted by Gasteiger charge is -2.21. The fraction of sp³-hybridized carbons (Fsp3) is 0.333. The summed E-state index contributed by atoms with van der Waals surface area (Å²) < 4.78 is 11.4. The van der Waals surface area contributed by atoms with E-state index in [1.807, 2.05) is 25.1 Å². The van der Waals surface area contributed by atoms with Crippen LogP contribution < -0.4 is 15.4 Å². The van der Waals surface area contributed by atoms with Crippen molar-refractivity contribution in [3.8, 4) is 23.2 Å². The second-order valence-electron chi connectivity index (χ2n) is 8.48. The first-order valence-electron chi connectivity index (χ1n) is 10.8. The SMILES string of the molecule is C[C@]1(CO)CNc2c(C#N)cc(-c3ccnc(Nc4cccnc4O[C@@H]4CCOC4)n3)cc21. The Balaban J connectivity index is 1.46. The van der Waals surface area contributed by atoms with Gasteiger partial charge < -0.3 is 25.2 Å². The molecule has 0 spiro atoms. The van der Waals surface area contributed by atoms with Gasteiger partial charge in [0, 0.05) is 36.3 Å². The molecule has 1 saturated heterocycles. The van der Waals surface area contributed by atoms with E-state index in [4.69, 9.17) is 9.47 Å². The van der Waals surface area contributed by atoms with Gasteiger partial charge in [-0.1, -0.05) is 6.92 Å². The van der Waals surface area contributed by atoms with Crippen LogP contribution in [0.1, 0.15) is 24.5 Å². The molecule has 0 radical (unpaired) electrons. The zero-order chi connectivity index (χ0) is 22.8. The minimum atomic E-state index is -0.461. The van der Waals surface area contributed by atoms with Crippen molar-refractivity contribution in [1.82, 2.24) is 15.0 Å². The summed E-state index contributed by atoms with van der Waals surface area (Å²) in [6.45, 7) is 3.75. The zero-order valence-electron chi connectivity index (χ0n) is 18.2. The van der Waals surface area contributed by atoms with E-state index < -0.39 is 5.41 Å². The molecule has 33 heavy (non-hydrogen) atoms. The first kappa shape index (κ1) is 21.1. The first-order valence-corrected chi connectivity index (χ1v) is 10.8. The molecule has 1 aromatic carbocycles. The number of hydrogen-bond donors (Lipinski definition) is 3. The number of anilines is 3. The Labute approximate surface area is 191 Å². The van der Waals surface area contributed by atoms with Gasteiger partial charge in [0.15, 0.2) is 0 Å². The smallest absolute Gasteiger partial charge is 0.238 e. The summed E-state index contributed by atoms with van der Waals surface area (Å²) in [5.74, 6) is 0.853. The van der Waals surface area contributed by atoms with Crippen LogP contribution in [-0.4, -0.2) is 52.5 Å². The van der Waals surface area contributed by atoms with Crippen molar-refractivity contribution in [2.24, 2.45) is 0 Å². The minimum absolute atomic E-state index is 0.0201. The summed E-state index contributed by atoms with van der Waals surface area (Å²) in [5.41, 5.74) is 3.85. The lowest BCUT2D eigenvalue weighted by Crippen LogP contribution is -2.28. The maximum Gasteiger partial charge on any atom is 0.238 e. The number of hydrogen-bond acceptors (Lipinski definition) is 9. The number of fused-ring (bicyclic) bond motifs is 1. The Bertz CT molecular complexity index is 1220. The van der Waals surface area contributed by atoms with Gasteiger partial charge in [0.25, 0.3) is 0 Å². The number of nitrogens with one attached hydrogen (secondary N) is 2. The van der Waals surface area contributed by atoms with Gasteiger partial charge in [-0.3, -0.25) is 0 Å². The second kappa shape index (κ2) is 8.65. The third kappa shape index (κ3) is 4.06. The van der Waals surface area contributed by atoms with E-state index in [2.05, 4.69) is 31.7 Å². The molecule has 4 heterocycles. The van der Waals surface area contributed by atoms with Crippen LogP contribution in [0.5, 0.6) is 5.88 Å². The van der Waals surface area contributed by atoms with Gasteiger partial charge in [-0.05, 0) is 35.9 Å². The molecular weight excluding hydrogens is 420 g/mol. The molecule has 1 fully saturated rings. The number of benzene rings is 1. The van der Waals surface area contributed by atoms with Crippen LogP contribution in [0.15, 0.2) is 42.7 Å².